The zero-order valence-electron chi connectivity index (χ0n) is 9.50. The van der Waals surface area contributed by atoms with Crippen LogP contribution in [0.25, 0.3) is 0 Å². The summed E-state index contributed by atoms with van der Waals surface area (Å²) < 4.78 is 25.6. The summed E-state index contributed by atoms with van der Waals surface area (Å²) >= 11 is 0. The molecule has 1 N–H and O–H groups in total. The van der Waals surface area contributed by atoms with Gasteiger partial charge in [0.25, 0.3) is 10.0 Å². The van der Waals surface area contributed by atoms with Crippen LogP contribution in [0.15, 0.2) is 35.2 Å². The van der Waals surface area contributed by atoms with Crippen molar-refractivity contribution in [2.75, 3.05) is 6.54 Å². The third-order valence-corrected chi connectivity index (χ3v) is 3.93. The van der Waals surface area contributed by atoms with Gasteiger partial charge in [-0.05, 0) is 18.6 Å². The van der Waals surface area contributed by atoms with Gasteiger partial charge in [0.2, 0.25) is 5.91 Å². The Morgan fingerprint density at radius 3 is 2.44 bits per heavy atom. The van der Waals surface area contributed by atoms with E-state index in [2.05, 4.69) is 0 Å². The quantitative estimate of drug-likeness (QED) is 0.856. The molecule has 1 fully saturated rings. The highest BCUT2D eigenvalue weighted by Crippen LogP contribution is 2.12. The molecule has 0 unspecified atom stereocenters. The Hall–Kier alpha value is -1.89. The zero-order chi connectivity index (χ0) is 13.2. The lowest BCUT2D eigenvalue weighted by atomic mass is 10.4. The van der Waals surface area contributed by atoms with Crippen molar-refractivity contribution >= 4 is 22.0 Å². The molecule has 1 aliphatic rings. The van der Waals surface area contributed by atoms with Crippen molar-refractivity contribution in [2.24, 2.45) is 0 Å². The second-order valence-corrected chi connectivity index (χ2v) is 5.56. The Kier molecular flexibility index (Phi) is 3.33. The fourth-order valence-electron chi connectivity index (χ4n) is 1.69. The van der Waals surface area contributed by atoms with Gasteiger partial charge in [0.1, 0.15) is 0 Å². The number of benzene rings is 1. The SMILES string of the molecule is O=C1CCCN1C(=O)NS(=O)(=O)c1ccccc1. The normalized spacial score (nSPS) is 15.8. The van der Waals surface area contributed by atoms with E-state index < -0.39 is 16.1 Å². The summed E-state index contributed by atoms with van der Waals surface area (Å²) in [7, 11) is -3.91. The molecule has 7 heteroatoms. The Morgan fingerprint density at radius 1 is 1.22 bits per heavy atom. The highest BCUT2D eigenvalue weighted by Gasteiger charge is 2.29. The summed E-state index contributed by atoms with van der Waals surface area (Å²) in [6.07, 6.45) is 0.844. The Balaban J connectivity index is 2.14. The van der Waals surface area contributed by atoms with Crippen LogP contribution >= 0.6 is 0 Å². The minimum atomic E-state index is -3.91. The van der Waals surface area contributed by atoms with Gasteiger partial charge in [-0.3, -0.25) is 9.69 Å². The van der Waals surface area contributed by atoms with Crippen LogP contribution in [0.2, 0.25) is 0 Å². The molecule has 0 spiro atoms. The van der Waals surface area contributed by atoms with Gasteiger partial charge in [-0.2, -0.15) is 0 Å². The highest BCUT2D eigenvalue weighted by atomic mass is 32.2. The second kappa shape index (κ2) is 4.77. The number of rotatable bonds is 2. The number of carbonyl (C=O) groups excluding carboxylic acids is 2. The van der Waals surface area contributed by atoms with E-state index in [0.717, 1.165) is 4.90 Å². The number of nitrogens with zero attached hydrogens (tertiary/aromatic N) is 1. The van der Waals surface area contributed by atoms with Crippen molar-refractivity contribution in [3.63, 3.8) is 0 Å². The third kappa shape index (κ3) is 2.51. The summed E-state index contributed by atoms with van der Waals surface area (Å²) in [4.78, 5) is 23.9. The first-order chi connectivity index (χ1) is 8.50. The first kappa shape index (κ1) is 12.6. The molecular formula is C11H12N2O4S. The third-order valence-electron chi connectivity index (χ3n) is 2.59. The molecule has 1 aromatic carbocycles. The molecule has 0 aromatic heterocycles. The van der Waals surface area contributed by atoms with Crippen molar-refractivity contribution in [3.8, 4) is 0 Å². The number of hydrogen-bond acceptors (Lipinski definition) is 4. The average molecular weight is 268 g/mol. The molecule has 0 saturated carbocycles. The van der Waals surface area contributed by atoms with Crippen molar-refractivity contribution in [1.29, 1.82) is 0 Å². The van der Waals surface area contributed by atoms with Crippen LogP contribution in [0.1, 0.15) is 12.8 Å². The van der Waals surface area contributed by atoms with Crippen molar-refractivity contribution in [3.05, 3.63) is 30.3 Å². The molecule has 0 aliphatic carbocycles. The van der Waals surface area contributed by atoms with Gasteiger partial charge >= 0.3 is 6.03 Å². The summed E-state index contributed by atoms with van der Waals surface area (Å²) in [5.74, 6) is -0.351. The van der Waals surface area contributed by atoms with E-state index >= 15 is 0 Å². The van der Waals surface area contributed by atoms with Crippen LogP contribution in [-0.2, 0) is 14.8 Å². The number of urea groups is 1. The van der Waals surface area contributed by atoms with Crippen LogP contribution in [0.3, 0.4) is 0 Å². The van der Waals surface area contributed by atoms with Crippen LogP contribution in [-0.4, -0.2) is 31.8 Å². The van der Waals surface area contributed by atoms with Gasteiger partial charge < -0.3 is 0 Å². The van der Waals surface area contributed by atoms with Gasteiger partial charge in [0.05, 0.1) is 4.90 Å². The largest absolute Gasteiger partial charge is 0.337 e. The number of likely N-dealkylation sites (tertiary alicyclic amines) is 1. The Morgan fingerprint density at radius 2 is 1.89 bits per heavy atom. The summed E-state index contributed by atoms with van der Waals surface area (Å²) in [6.45, 7) is 0.259. The Labute approximate surface area is 105 Å². The maximum atomic E-state index is 11.8. The molecule has 96 valence electrons. The van der Waals surface area contributed by atoms with Crippen molar-refractivity contribution < 1.29 is 18.0 Å². The predicted octanol–water partition coefficient (Wildman–Crippen LogP) is 0.707. The lowest BCUT2D eigenvalue weighted by molar-refractivity contribution is -0.125. The molecule has 0 bridgehead atoms. The molecule has 1 heterocycles. The second-order valence-electron chi connectivity index (χ2n) is 3.87. The van der Waals surface area contributed by atoms with E-state index in [4.69, 9.17) is 0 Å². The summed E-state index contributed by atoms with van der Waals surface area (Å²) in [5.41, 5.74) is 0. The first-order valence-electron chi connectivity index (χ1n) is 5.43. The van der Waals surface area contributed by atoms with Crippen LogP contribution < -0.4 is 4.72 Å². The number of hydrogen-bond donors (Lipinski definition) is 1. The van der Waals surface area contributed by atoms with Crippen LogP contribution in [0.4, 0.5) is 4.79 Å². The highest BCUT2D eigenvalue weighted by molar-refractivity contribution is 7.90. The van der Waals surface area contributed by atoms with E-state index in [1.54, 1.807) is 18.2 Å². The lowest BCUT2D eigenvalue weighted by Crippen LogP contribution is -2.43. The minimum absolute atomic E-state index is 0.00926. The van der Waals surface area contributed by atoms with E-state index in [0.29, 0.717) is 6.42 Å². The van der Waals surface area contributed by atoms with E-state index in [1.165, 1.54) is 12.1 Å². The Bertz CT molecular complexity index is 568. The first-order valence-corrected chi connectivity index (χ1v) is 6.91. The van der Waals surface area contributed by atoms with Gasteiger partial charge in [0.15, 0.2) is 0 Å². The smallest absolute Gasteiger partial charge is 0.274 e. The van der Waals surface area contributed by atoms with E-state index in [-0.39, 0.29) is 23.8 Å². The maximum absolute atomic E-state index is 11.8. The number of nitrogens with one attached hydrogen (secondary N) is 1. The number of carbonyl (C=O) groups is 2. The predicted molar refractivity (Wildman–Crippen MR) is 63.1 cm³/mol. The molecule has 18 heavy (non-hydrogen) atoms. The standard InChI is InChI=1S/C11H12N2O4S/c14-10-7-4-8-13(10)11(15)12-18(16,17)9-5-2-1-3-6-9/h1-3,5-6H,4,7-8H2,(H,12,15). The maximum Gasteiger partial charge on any atom is 0.337 e. The van der Waals surface area contributed by atoms with E-state index in [1.807, 2.05) is 4.72 Å². The molecule has 0 radical (unpaired) electrons. The summed E-state index contributed by atoms with van der Waals surface area (Å²) in [6, 6.07) is 6.65. The molecule has 2 rings (SSSR count). The van der Waals surface area contributed by atoms with Crippen LogP contribution in [0.5, 0.6) is 0 Å². The molecule has 1 aromatic rings. The number of imide groups is 1. The fraction of sp³-hybridized carbons (Fsp3) is 0.273. The van der Waals surface area contributed by atoms with Gasteiger partial charge in [-0.25, -0.2) is 17.9 Å². The molecule has 1 aliphatic heterocycles. The minimum Gasteiger partial charge on any atom is -0.274 e. The van der Waals surface area contributed by atoms with Crippen molar-refractivity contribution in [2.45, 2.75) is 17.7 Å². The number of sulfonamides is 1. The molecule has 0 atom stereocenters. The lowest BCUT2D eigenvalue weighted by Gasteiger charge is -2.14. The van der Waals surface area contributed by atoms with Gasteiger partial charge in [-0.15, -0.1) is 0 Å². The molecule has 1 saturated heterocycles. The monoisotopic (exact) mass is 268 g/mol. The van der Waals surface area contributed by atoms with Gasteiger partial charge in [0, 0.05) is 13.0 Å². The molecule has 3 amide bonds. The fourth-order valence-corrected chi connectivity index (χ4v) is 2.66. The topological polar surface area (TPSA) is 83.6 Å². The molecular weight excluding hydrogens is 256 g/mol. The van der Waals surface area contributed by atoms with Gasteiger partial charge in [-0.1, -0.05) is 18.2 Å². The average Bonchev–Trinajstić information content (AvgIpc) is 2.76. The van der Waals surface area contributed by atoms with E-state index in [9.17, 15) is 18.0 Å². The number of amides is 3. The van der Waals surface area contributed by atoms with Crippen molar-refractivity contribution in [1.82, 2.24) is 9.62 Å². The molecule has 6 nitrogen and oxygen atoms in total. The van der Waals surface area contributed by atoms with Crippen LogP contribution in [0, 0.1) is 0 Å². The summed E-state index contributed by atoms with van der Waals surface area (Å²) in [5, 5.41) is 0. The zero-order valence-corrected chi connectivity index (χ0v) is 10.3.